The molecule has 0 radical (unpaired) electrons. The van der Waals surface area contributed by atoms with Crippen molar-refractivity contribution in [3.8, 4) is 0 Å². The Morgan fingerprint density at radius 1 is 1.40 bits per heavy atom. The lowest BCUT2D eigenvalue weighted by Crippen LogP contribution is -2.01. The molecular weight excluding hydrogens is 256 g/mol. The summed E-state index contributed by atoms with van der Waals surface area (Å²) in [5.74, 6) is -0.933. The molecule has 1 aromatic carbocycles. The molecule has 3 rings (SSSR count). The molecule has 0 bridgehead atoms. The molecule has 0 aliphatic rings. The number of benzene rings is 1. The second-order valence-electron chi connectivity index (χ2n) is 4.76. The van der Waals surface area contributed by atoms with Crippen LogP contribution < -0.4 is 0 Å². The van der Waals surface area contributed by atoms with E-state index in [0.717, 1.165) is 22.3 Å². The van der Waals surface area contributed by atoms with Crippen molar-refractivity contribution in [3.05, 3.63) is 47.5 Å². The number of imidazole rings is 1. The summed E-state index contributed by atoms with van der Waals surface area (Å²) in [4.78, 5) is 15.3. The van der Waals surface area contributed by atoms with Crippen LogP contribution in [0.25, 0.3) is 11.0 Å². The highest BCUT2D eigenvalue weighted by molar-refractivity contribution is 5.92. The fraction of sp³-hybridized carbons (Fsp3) is 0.214. The normalized spacial score (nSPS) is 11.1. The van der Waals surface area contributed by atoms with E-state index < -0.39 is 5.97 Å². The summed E-state index contributed by atoms with van der Waals surface area (Å²) in [7, 11) is 1.90. The van der Waals surface area contributed by atoms with Gasteiger partial charge in [-0.2, -0.15) is 5.10 Å². The third-order valence-electron chi connectivity index (χ3n) is 3.55. The van der Waals surface area contributed by atoms with Gasteiger partial charge in [0.2, 0.25) is 0 Å². The maximum Gasteiger partial charge on any atom is 0.335 e. The van der Waals surface area contributed by atoms with Gasteiger partial charge >= 0.3 is 5.97 Å². The summed E-state index contributed by atoms with van der Waals surface area (Å²) < 4.78 is 3.75. The minimum atomic E-state index is -0.933. The van der Waals surface area contributed by atoms with Crippen LogP contribution in [-0.2, 0) is 13.6 Å². The van der Waals surface area contributed by atoms with Crippen molar-refractivity contribution >= 4 is 17.0 Å². The lowest BCUT2D eigenvalue weighted by Gasteiger charge is -2.04. The largest absolute Gasteiger partial charge is 0.478 e. The van der Waals surface area contributed by atoms with Crippen LogP contribution in [0, 0.1) is 6.92 Å². The average molecular weight is 270 g/mol. The number of carboxylic acids is 1. The third kappa shape index (κ3) is 1.95. The number of aryl methyl sites for hydroxylation is 1. The number of nitrogens with zero attached hydrogens (tertiary/aromatic N) is 4. The molecule has 0 aliphatic heterocycles. The van der Waals surface area contributed by atoms with Crippen LogP contribution in [0.15, 0.2) is 30.7 Å². The number of aromatic nitrogens is 4. The van der Waals surface area contributed by atoms with Gasteiger partial charge in [-0.25, -0.2) is 9.78 Å². The van der Waals surface area contributed by atoms with Crippen LogP contribution in [0.1, 0.15) is 21.6 Å². The van der Waals surface area contributed by atoms with Gasteiger partial charge in [0.1, 0.15) is 0 Å². The SMILES string of the molecule is Cc1c(Cn2cnc3ccc(C(=O)O)cc32)cnn1C. The van der Waals surface area contributed by atoms with E-state index in [9.17, 15) is 4.79 Å². The van der Waals surface area contributed by atoms with E-state index in [2.05, 4.69) is 10.1 Å². The van der Waals surface area contributed by atoms with Crippen molar-refractivity contribution in [2.45, 2.75) is 13.5 Å². The van der Waals surface area contributed by atoms with Crippen molar-refractivity contribution < 1.29 is 9.90 Å². The summed E-state index contributed by atoms with van der Waals surface area (Å²) in [6, 6.07) is 4.94. The number of aromatic carboxylic acids is 1. The lowest BCUT2D eigenvalue weighted by molar-refractivity contribution is 0.0697. The topological polar surface area (TPSA) is 72.9 Å². The molecule has 20 heavy (non-hydrogen) atoms. The average Bonchev–Trinajstić information content (AvgIpc) is 2.97. The number of hydrogen-bond donors (Lipinski definition) is 1. The molecule has 0 unspecified atom stereocenters. The van der Waals surface area contributed by atoms with Crippen molar-refractivity contribution in [1.29, 1.82) is 0 Å². The molecule has 6 nitrogen and oxygen atoms in total. The van der Waals surface area contributed by atoms with Gasteiger partial charge in [-0.1, -0.05) is 0 Å². The zero-order chi connectivity index (χ0) is 14.3. The smallest absolute Gasteiger partial charge is 0.335 e. The highest BCUT2D eigenvalue weighted by Crippen LogP contribution is 2.17. The van der Waals surface area contributed by atoms with E-state index in [1.54, 1.807) is 24.5 Å². The molecule has 0 amide bonds. The van der Waals surface area contributed by atoms with Crippen LogP contribution in [0.5, 0.6) is 0 Å². The van der Waals surface area contributed by atoms with Crippen molar-refractivity contribution in [1.82, 2.24) is 19.3 Å². The Bertz CT molecular complexity index is 801. The quantitative estimate of drug-likeness (QED) is 0.788. The zero-order valence-electron chi connectivity index (χ0n) is 11.2. The van der Waals surface area contributed by atoms with Gasteiger partial charge in [0.15, 0.2) is 0 Å². The molecule has 3 aromatic rings. The first-order valence-corrected chi connectivity index (χ1v) is 6.22. The Hall–Kier alpha value is -2.63. The van der Waals surface area contributed by atoms with Gasteiger partial charge in [0, 0.05) is 18.3 Å². The Labute approximate surface area is 115 Å². The highest BCUT2D eigenvalue weighted by Gasteiger charge is 2.10. The van der Waals surface area contributed by atoms with Gasteiger partial charge in [0.25, 0.3) is 0 Å². The summed E-state index contributed by atoms with van der Waals surface area (Å²) >= 11 is 0. The number of hydrogen-bond acceptors (Lipinski definition) is 3. The first-order chi connectivity index (χ1) is 9.56. The second kappa shape index (κ2) is 4.48. The molecule has 2 aromatic heterocycles. The number of carbonyl (C=O) groups is 1. The van der Waals surface area contributed by atoms with Crippen molar-refractivity contribution in [2.75, 3.05) is 0 Å². The third-order valence-corrected chi connectivity index (χ3v) is 3.55. The molecule has 1 N–H and O–H groups in total. The first-order valence-electron chi connectivity index (χ1n) is 6.22. The van der Waals surface area contributed by atoms with Gasteiger partial charge < -0.3 is 9.67 Å². The predicted molar refractivity (Wildman–Crippen MR) is 73.7 cm³/mol. The monoisotopic (exact) mass is 270 g/mol. The molecule has 0 atom stereocenters. The number of carboxylic acid groups (broad SMARTS) is 1. The van der Waals surface area contributed by atoms with E-state index in [1.807, 2.05) is 29.4 Å². The Morgan fingerprint density at radius 2 is 2.20 bits per heavy atom. The summed E-state index contributed by atoms with van der Waals surface area (Å²) in [6.45, 7) is 2.63. The second-order valence-corrected chi connectivity index (χ2v) is 4.76. The summed E-state index contributed by atoms with van der Waals surface area (Å²) in [6.07, 6.45) is 3.55. The minimum absolute atomic E-state index is 0.266. The molecule has 102 valence electrons. The Morgan fingerprint density at radius 3 is 2.85 bits per heavy atom. The van der Waals surface area contributed by atoms with Crippen LogP contribution in [-0.4, -0.2) is 30.4 Å². The molecule has 0 spiro atoms. The number of rotatable bonds is 3. The van der Waals surface area contributed by atoms with E-state index in [0.29, 0.717) is 6.54 Å². The molecule has 0 saturated heterocycles. The van der Waals surface area contributed by atoms with Crippen molar-refractivity contribution in [2.24, 2.45) is 7.05 Å². The van der Waals surface area contributed by atoms with Gasteiger partial charge in [-0.15, -0.1) is 0 Å². The maximum absolute atomic E-state index is 11.1. The first kappa shape index (κ1) is 12.4. The lowest BCUT2D eigenvalue weighted by atomic mass is 10.2. The van der Waals surface area contributed by atoms with Gasteiger partial charge in [0.05, 0.1) is 35.7 Å². The Balaban J connectivity index is 2.05. The van der Waals surface area contributed by atoms with Crippen LogP contribution in [0.2, 0.25) is 0 Å². The van der Waals surface area contributed by atoms with Crippen LogP contribution >= 0.6 is 0 Å². The molecule has 0 aliphatic carbocycles. The minimum Gasteiger partial charge on any atom is -0.478 e. The van der Waals surface area contributed by atoms with Crippen molar-refractivity contribution in [3.63, 3.8) is 0 Å². The van der Waals surface area contributed by atoms with E-state index >= 15 is 0 Å². The summed E-state index contributed by atoms with van der Waals surface area (Å²) in [5.41, 5.74) is 4.04. The van der Waals surface area contributed by atoms with Gasteiger partial charge in [-0.3, -0.25) is 4.68 Å². The van der Waals surface area contributed by atoms with E-state index in [4.69, 9.17) is 5.11 Å². The van der Waals surface area contributed by atoms with Crippen LogP contribution in [0.4, 0.5) is 0 Å². The predicted octanol–water partition coefficient (Wildman–Crippen LogP) is 1.82. The fourth-order valence-corrected chi connectivity index (χ4v) is 2.20. The maximum atomic E-state index is 11.1. The molecule has 6 heteroatoms. The molecule has 2 heterocycles. The highest BCUT2D eigenvalue weighted by atomic mass is 16.4. The van der Waals surface area contributed by atoms with Gasteiger partial charge in [-0.05, 0) is 25.1 Å². The Kier molecular flexibility index (Phi) is 2.78. The van der Waals surface area contributed by atoms with E-state index in [1.165, 1.54) is 0 Å². The zero-order valence-corrected chi connectivity index (χ0v) is 11.2. The van der Waals surface area contributed by atoms with E-state index in [-0.39, 0.29) is 5.56 Å². The standard InChI is InChI=1S/C14H14N4O2/c1-9-11(6-16-17(9)2)7-18-8-15-12-4-3-10(14(19)20)5-13(12)18/h3-6,8H,7H2,1-2H3,(H,19,20). The van der Waals surface area contributed by atoms with Crippen LogP contribution in [0.3, 0.4) is 0 Å². The molecule has 0 saturated carbocycles. The summed E-state index contributed by atoms with van der Waals surface area (Å²) in [5, 5.41) is 13.3. The fourth-order valence-electron chi connectivity index (χ4n) is 2.20. The molecular formula is C14H14N4O2. The molecule has 0 fully saturated rings. The number of fused-ring (bicyclic) bond motifs is 1.